The van der Waals surface area contributed by atoms with Gasteiger partial charge in [-0.1, -0.05) is 13.3 Å². The summed E-state index contributed by atoms with van der Waals surface area (Å²) >= 11 is 0. The van der Waals surface area contributed by atoms with Gasteiger partial charge in [0.25, 0.3) is 5.69 Å². The van der Waals surface area contributed by atoms with Crippen molar-refractivity contribution < 1.29 is 4.57 Å². The Balaban J connectivity index is 2.60. The number of aryl methyl sites for hydroxylation is 1. The molecule has 0 bridgehead atoms. The number of terminal acetylenes is 1. The molecule has 1 aromatic heterocycles. The molecule has 0 spiro atoms. The number of pyridine rings is 1. The Hall–Kier alpha value is -1.29. The van der Waals surface area contributed by atoms with E-state index in [0.29, 0.717) is 0 Å². The van der Waals surface area contributed by atoms with E-state index in [9.17, 15) is 0 Å². The molecule has 1 aromatic rings. The fourth-order valence-electron chi connectivity index (χ4n) is 1.33. The first-order chi connectivity index (χ1) is 6.38. The molecule has 0 saturated carbocycles. The van der Waals surface area contributed by atoms with E-state index in [1.54, 1.807) is 0 Å². The molecule has 0 fully saturated rings. The second-order valence-electron chi connectivity index (χ2n) is 3.13. The van der Waals surface area contributed by atoms with Gasteiger partial charge in [-0.05, 0) is 18.4 Å². The third kappa shape index (κ3) is 2.91. The predicted molar refractivity (Wildman–Crippen MR) is 54.1 cm³/mol. The van der Waals surface area contributed by atoms with Crippen molar-refractivity contribution in [1.29, 1.82) is 0 Å². The maximum Gasteiger partial charge on any atom is 0.256 e. The molecular formula is C12H16N+. The van der Waals surface area contributed by atoms with Crippen molar-refractivity contribution in [3.63, 3.8) is 0 Å². The Kier molecular flexibility index (Phi) is 4.05. The number of hydrogen-bond donors (Lipinski definition) is 0. The second kappa shape index (κ2) is 5.37. The summed E-state index contributed by atoms with van der Waals surface area (Å²) in [5.74, 6) is 2.69. The van der Waals surface area contributed by atoms with E-state index in [1.807, 2.05) is 24.4 Å². The normalized spacial score (nSPS) is 9.54. The summed E-state index contributed by atoms with van der Waals surface area (Å²) in [6, 6.07) is 5.98. The van der Waals surface area contributed by atoms with Crippen LogP contribution >= 0.6 is 0 Å². The van der Waals surface area contributed by atoms with Crippen LogP contribution in [0.5, 0.6) is 0 Å². The van der Waals surface area contributed by atoms with Crippen molar-refractivity contribution in [2.45, 2.75) is 32.7 Å². The summed E-state index contributed by atoms with van der Waals surface area (Å²) in [6.07, 6.45) is 11.2. The van der Waals surface area contributed by atoms with Crippen molar-refractivity contribution in [3.8, 4) is 12.3 Å². The Morgan fingerprint density at radius 2 is 2.23 bits per heavy atom. The van der Waals surface area contributed by atoms with Crippen LogP contribution in [0.1, 0.15) is 31.9 Å². The van der Waals surface area contributed by atoms with Gasteiger partial charge in [-0.2, -0.15) is 4.57 Å². The second-order valence-corrected chi connectivity index (χ2v) is 3.13. The minimum atomic E-state index is 0.971. The first-order valence-corrected chi connectivity index (χ1v) is 4.83. The maximum atomic E-state index is 5.38. The summed E-state index contributed by atoms with van der Waals surface area (Å²) in [4.78, 5) is 0. The van der Waals surface area contributed by atoms with Gasteiger partial charge in [0.05, 0.1) is 0 Å². The monoisotopic (exact) mass is 174 g/mol. The molecule has 1 heteroatoms. The summed E-state index contributed by atoms with van der Waals surface area (Å²) in [6.45, 7) is 3.24. The van der Waals surface area contributed by atoms with Crippen LogP contribution in [0.25, 0.3) is 0 Å². The Bertz CT molecular complexity index is 296. The minimum absolute atomic E-state index is 0.971. The Morgan fingerprint density at radius 3 is 2.92 bits per heavy atom. The molecule has 0 aliphatic carbocycles. The molecule has 0 aliphatic heterocycles. The van der Waals surface area contributed by atoms with Crippen molar-refractivity contribution in [2.75, 3.05) is 0 Å². The van der Waals surface area contributed by atoms with Gasteiger partial charge in [0.1, 0.15) is 6.54 Å². The van der Waals surface area contributed by atoms with Crippen LogP contribution in [0.3, 0.4) is 0 Å². The summed E-state index contributed by atoms with van der Waals surface area (Å²) in [5, 5.41) is 0. The molecule has 0 amide bonds. The van der Waals surface area contributed by atoms with E-state index < -0.39 is 0 Å². The quantitative estimate of drug-likeness (QED) is 0.374. The fraction of sp³-hybridized carbons (Fsp3) is 0.417. The third-order valence-electron chi connectivity index (χ3n) is 2.09. The van der Waals surface area contributed by atoms with Crippen molar-refractivity contribution in [2.24, 2.45) is 0 Å². The molecule has 68 valence electrons. The molecule has 0 atom stereocenters. The molecule has 0 N–H and O–H groups in total. The maximum absolute atomic E-state index is 5.38. The van der Waals surface area contributed by atoms with Gasteiger partial charge in [0, 0.05) is 18.6 Å². The highest BCUT2D eigenvalue weighted by Gasteiger charge is 2.04. The minimum Gasteiger partial charge on any atom is -0.191 e. The first kappa shape index (κ1) is 9.80. The van der Waals surface area contributed by atoms with Gasteiger partial charge in [-0.25, -0.2) is 0 Å². The van der Waals surface area contributed by atoms with E-state index in [1.165, 1.54) is 19.3 Å². The molecule has 0 saturated heterocycles. The summed E-state index contributed by atoms with van der Waals surface area (Å²) in [7, 11) is 0. The van der Waals surface area contributed by atoms with Crippen molar-refractivity contribution in [3.05, 3.63) is 30.1 Å². The van der Waals surface area contributed by atoms with Crippen LogP contribution in [0.15, 0.2) is 24.4 Å². The lowest BCUT2D eigenvalue weighted by Crippen LogP contribution is -2.36. The number of nitrogens with zero attached hydrogens (tertiary/aromatic N) is 1. The van der Waals surface area contributed by atoms with Gasteiger partial charge in [-0.3, -0.25) is 0 Å². The molecule has 1 heterocycles. The summed E-state index contributed by atoms with van der Waals surface area (Å²) in [5.41, 5.74) is 0.971. The number of hydrogen-bond acceptors (Lipinski definition) is 0. The SMILES string of the molecule is C#Cc1cccc[n+]1CCCCC. The van der Waals surface area contributed by atoms with E-state index in [-0.39, 0.29) is 0 Å². The zero-order valence-electron chi connectivity index (χ0n) is 8.16. The molecular weight excluding hydrogens is 158 g/mol. The molecule has 0 aliphatic rings. The molecule has 0 aromatic carbocycles. The molecule has 1 rings (SSSR count). The van der Waals surface area contributed by atoms with Gasteiger partial charge in [-0.15, -0.1) is 6.42 Å². The molecule has 0 unspecified atom stereocenters. The van der Waals surface area contributed by atoms with Gasteiger partial charge in [0.15, 0.2) is 6.20 Å². The highest BCUT2D eigenvalue weighted by atomic mass is 14.9. The number of aromatic nitrogens is 1. The predicted octanol–water partition coefficient (Wildman–Crippen LogP) is 2.15. The topological polar surface area (TPSA) is 3.88 Å². The lowest BCUT2D eigenvalue weighted by Gasteiger charge is -1.97. The molecule has 0 radical (unpaired) electrons. The van der Waals surface area contributed by atoms with Gasteiger partial charge >= 0.3 is 0 Å². The van der Waals surface area contributed by atoms with E-state index in [2.05, 4.69) is 17.4 Å². The zero-order valence-corrected chi connectivity index (χ0v) is 8.16. The largest absolute Gasteiger partial charge is 0.256 e. The highest BCUT2D eigenvalue weighted by molar-refractivity contribution is 5.18. The average molecular weight is 174 g/mol. The number of unbranched alkanes of at least 4 members (excludes halogenated alkanes) is 2. The third-order valence-corrected chi connectivity index (χ3v) is 2.09. The Labute approximate surface area is 80.4 Å². The standard InChI is InChI=1S/C12H16N/c1-3-5-7-10-13-11-8-6-9-12(13)4-2/h2,6,8-9,11H,3,5,7,10H2,1H3/q+1. The zero-order chi connectivity index (χ0) is 9.52. The smallest absolute Gasteiger partial charge is 0.191 e. The van der Waals surface area contributed by atoms with Crippen LogP contribution in [0.2, 0.25) is 0 Å². The van der Waals surface area contributed by atoms with E-state index in [4.69, 9.17) is 6.42 Å². The van der Waals surface area contributed by atoms with Crippen molar-refractivity contribution >= 4 is 0 Å². The molecule has 1 nitrogen and oxygen atoms in total. The fourth-order valence-corrected chi connectivity index (χ4v) is 1.33. The molecule has 13 heavy (non-hydrogen) atoms. The first-order valence-electron chi connectivity index (χ1n) is 4.83. The Morgan fingerprint density at radius 1 is 1.38 bits per heavy atom. The van der Waals surface area contributed by atoms with E-state index >= 15 is 0 Å². The average Bonchev–Trinajstić information content (AvgIpc) is 2.19. The number of rotatable bonds is 4. The van der Waals surface area contributed by atoms with Crippen LogP contribution in [0, 0.1) is 12.3 Å². The van der Waals surface area contributed by atoms with Gasteiger partial charge < -0.3 is 0 Å². The van der Waals surface area contributed by atoms with Crippen LogP contribution in [-0.2, 0) is 6.54 Å². The van der Waals surface area contributed by atoms with Gasteiger partial charge in [0.2, 0.25) is 0 Å². The highest BCUT2D eigenvalue weighted by Crippen LogP contribution is 1.95. The van der Waals surface area contributed by atoms with Crippen LogP contribution in [0.4, 0.5) is 0 Å². The summed E-state index contributed by atoms with van der Waals surface area (Å²) < 4.78 is 2.13. The van der Waals surface area contributed by atoms with Crippen LogP contribution in [-0.4, -0.2) is 0 Å². The lowest BCUT2D eigenvalue weighted by molar-refractivity contribution is -0.699. The lowest BCUT2D eigenvalue weighted by atomic mass is 10.2. The van der Waals surface area contributed by atoms with E-state index in [0.717, 1.165) is 12.2 Å². The van der Waals surface area contributed by atoms with Crippen molar-refractivity contribution in [1.82, 2.24) is 0 Å². The van der Waals surface area contributed by atoms with Crippen LogP contribution < -0.4 is 4.57 Å².